The van der Waals surface area contributed by atoms with Gasteiger partial charge in [0.05, 0.1) is 10.6 Å². The van der Waals surface area contributed by atoms with Gasteiger partial charge < -0.3 is 5.32 Å². The number of hydrogen-bond acceptors (Lipinski definition) is 2. The van der Waals surface area contributed by atoms with Gasteiger partial charge >= 0.3 is 0 Å². The summed E-state index contributed by atoms with van der Waals surface area (Å²) in [7, 11) is 0. The molecule has 0 spiro atoms. The quantitative estimate of drug-likeness (QED) is 0.893. The number of pyridine rings is 1. The monoisotopic (exact) mass is 266 g/mol. The highest BCUT2D eigenvalue weighted by molar-refractivity contribution is 6.33. The number of aromatic nitrogens is 1. The fourth-order valence-corrected chi connectivity index (χ4v) is 2.86. The van der Waals surface area contributed by atoms with Crippen molar-refractivity contribution in [1.29, 1.82) is 0 Å². The lowest BCUT2D eigenvalue weighted by Gasteiger charge is -2.33. The number of rotatable bonds is 2. The van der Waals surface area contributed by atoms with E-state index >= 15 is 0 Å². The summed E-state index contributed by atoms with van der Waals surface area (Å²) in [5.74, 6) is 1.17. The van der Waals surface area contributed by atoms with Crippen LogP contribution in [0.15, 0.2) is 18.5 Å². The Bertz CT molecular complexity index is 436. The summed E-state index contributed by atoms with van der Waals surface area (Å²) in [4.78, 5) is 16.1. The molecule has 1 saturated carbocycles. The molecule has 1 aromatic rings. The zero-order valence-electron chi connectivity index (χ0n) is 10.8. The Morgan fingerprint density at radius 2 is 2.22 bits per heavy atom. The standard InChI is InChI=1S/C14H19ClN2O/c1-9-3-4-13(10(2)7-9)17-14(18)11-8-16-6-5-12(11)15/h5-6,8-10,13H,3-4,7H2,1-2H3,(H,17,18). The van der Waals surface area contributed by atoms with Gasteiger partial charge in [-0.3, -0.25) is 9.78 Å². The molecule has 1 heterocycles. The largest absolute Gasteiger partial charge is 0.349 e. The number of amides is 1. The Morgan fingerprint density at radius 1 is 1.44 bits per heavy atom. The summed E-state index contributed by atoms with van der Waals surface area (Å²) in [5.41, 5.74) is 0.463. The Hall–Kier alpha value is -1.09. The van der Waals surface area contributed by atoms with E-state index in [1.165, 1.54) is 19.0 Å². The SMILES string of the molecule is CC1CCC(NC(=O)c2cnccc2Cl)C(C)C1. The minimum absolute atomic E-state index is 0.112. The van der Waals surface area contributed by atoms with Gasteiger partial charge in [0.25, 0.3) is 5.91 Å². The van der Waals surface area contributed by atoms with Crippen molar-refractivity contribution in [2.75, 3.05) is 0 Å². The summed E-state index contributed by atoms with van der Waals surface area (Å²) in [6.45, 7) is 4.47. The molecule has 1 aliphatic rings. The third-order valence-electron chi connectivity index (χ3n) is 3.76. The first kappa shape index (κ1) is 13.3. The number of nitrogens with zero attached hydrogens (tertiary/aromatic N) is 1. The van der Waals surface area contributed by atoms with Gasteiger partial charge in [-0.1, -0.05) is 25.4 Å². The van der Waals surface area contributed by atoms with Gasteiger partial charge in [0.1, 0.15) is 0 Å². The van der Waals surface area contributed by atoms with Crippen LogP contribution in [0.2, 0.25) is 5.02 Å². The Morgan fingerprint density at radius 3 is 2.89 bits per heavy atom. The van der Waals surface area contributed by atoms with Gasteiger partial charge in [-0.15, -0.1) is 0 Å². The number of carbonyl (C=O) groups is 1. The molecule has 18 heavy (non-hydrogen) atoms. The predicted octanol–water partition coefficient (Wildman–Crippen LogP) is 3.29. The van der Waals surface area contributed by atoms with Gasteiger partial charge in [0, 0.05) is 18.4 Å². The molecule has 4 heteroatoms. The van der Waals surface area contributed by atoms with Crippen molar-refractivity contribution in [3.63, 3.8) is 0 Å². The Kier molecular flexibility index (Phi) is 4.23. The molecular formula is C14H19ClN2O. The normalized spacial score (nSPS) is 27.8. The summed E-state index contributed by atoms with van der Waals surface area (Å²) >= 11 is 6.00. The lowest BCUT2D eigenvalue weighted by molar-refractivity contribution is 0.0899. The van der Waals surface area contributed by atoms with Crippen molar-refractivity contribution >= 4 is 17.5 Å². The molecule has 0 radical (unpaired) electrons. The molecule has 0 aromatic carbocycles. The second-order valence-corrected chi connectivity index (χ2v) is 5.74. The van der Waals surface area contributed by atoms with E-state index in [-0.39, 0.29) is 11.9 Å². The van der Waals surface area contributed by atoms with Crippen LogP contribution >= 0.6 is 11.6 Å². The first-order valence-corrected chi connectivity index (χ1v) is 6.86. The summed E-state index contributed by atoms with van der Waals surface area (Å²) in [6.07, 6.45) is 6.51. The van der Waals surface area contributed by atoms with E-state index in [2.05, 4.69) is 24.1 Å². The summed E-state index contributed by atoms with van der Waals surface area (Å²) in [6, 6.07) is 1.90. The molecule has 0 saturated heterocycles. The smallest absolute Gasteiger partial charge is 0.254 e. The van der Waals surface area contributed by atoms with E-state index in [9.17, 15) is 4.79 Å². The van der Waals surface area contributed by atoms with Crippen LogP contribution in [-0.2, 0) is 0 Å². The van der Waals surface area contributed by atoms with Crippen LogP contribution in [0.5, 0.6) is 0 Å². The van der Waals surface area contributed by atoms with E-state index in [0.29, 0.717) is 16.5 Å². The third kappa shape index (κ3) is 3.02. The first-order valence-electron chi connectivity index (χ1n) is 6.48. The minimum Gasteiger partial charge on any atom is -0.349 e. The topological polar surface area (TPSA) is 42.0 Å². The lowest BCUT2D eigenvalue weighted by Crippen LogP contribution is -2.42. The minimum atomic E-state index is -0.112. The molecule has 1 aliphatic carbocycles. The molecular weight excluding hydrogens is 248 g/mol. The van der Waals surface area contributed by atoms with E-state index < -0.39 is 0 Å². The van der Waals surface area contributed by atoms with Crippen LogP contribution in [0.3, 0.4) is 0 Å². The molecule has 1 aromatic heterocycles. The fourth-order valence-electron chi connectivity index (χ4n) is 2.67. The Balaban J connectivity index is 2.02. The van der Waals surface area contributed by atoms with Crippen molar-refractivity contribution in [1.82, 2.24) is 10.3 Å². The van der Waals surface area contributed by atoms with Crippen LogP contribution < -0.4 is 5.32 Å². The average Bonchev–Trinajstić information content (AvgIpc) is 2.33. The zero-order chi connectivity index (χ0) is 13.1. The molecule has 98 valence electrons. The van der Waals surface area contributed by atoms with Crippen LogP contribution in [0, 0.1) is 11.8 Å². The van der Waals surface area contributed by atoms with Crippen LogP contribution in [-0.4, -0.2) is 16.9 Å². The highest BCUT2D eigenvalue weighted by Crippen LogP contribution is 2.29. The van der Waals surface area contributed by atoms with Gasteiger partial charge in [0.15, 0.2) is 0 Å². The van der Waals surface area contributed by atoms with E-state index in [1.54, 1.807) is 12.3 Å². The molecule has 1 N–H and O–H groups in total. The molecule has 3 atom stereocenters. The number of nitrogens with one attached hydrogen (secondary N) is 1. The van der Waals surface area contributed by atoms with E-state index in [4.69, 9.17) is 11.6 Å². The van der Waals surface area contributed by atoms with Crippen LogP contribution in [0.4, 0.5) is 0 Å². The maximum atomic E-state index is 12.1. The molecule has 2 rings (SSSR count). The van der Waals surface area contributed by atoms with Crippen molar-refractivity contribution in [2.45, 2.75) is 39.2 Å². The zero-order valence-corrected chi connectivity index (χ0v) is 11.6. The second-order valence-electron chi connectivity index (χ2n) is 5.33. The molecule has 1 amide bonds. The summed E-state index contributed by atoms with van der Waals surface area (Å²) < 4.78 is 0. The van der Waals surface area contributed by atoms with Gasteiger partial charge in [-0.05, 0) is 37.2 Å². The second kappa shape index (κ2) is 5.70. The van der Waals surface area contributed by atoms with Gasteiger partial charge in [-0.2, -0.15) is 0 Å². The van der Waals surface area contributed by atoms with Crippen molar-refractivity contribution in [3.05, 3.63) is 29.0 Å². The molecule has 3 nitrogen and oxygen atoms in total. The summed E-state index contributed by atoms with van der Waals surface area (Å²) in [5, 5.41) is 3.54. The number of hydrogen-bond donors (Lipinski definition) is 1. The highest BCUT2D eigenvalue weighted by Gasteiger charge is 2.27. The number of carbonyl (C=O) groups excluding carboxylic acids is 1. The molecule has 1 fully saturated rings. The van der Waals surface area contributed by atoms with Crippen LogP contribution in [0.25, 0.3) is 0 Å². The maximum absolute atomic E-state index is 12.1. The molecule has 0 aliphatic heterocycles. The highest BCUT2D eigenvalue weighted by atomic mass is 35.5. The average molecular weight is 267 g/mol. The van der Waals surface area contributed by atoms with E-state index in [0.717, 1.165) is 12.3 Å². The fraction of sp³-hybridized carbons (Fsp3) is 0.571. The first-order chi connectivity index (χ1) is 8.58. The number of halogens is 1. The van der Waals surface area contributed by atoms with Crippen LogP contribution in [0.1, 0.15) is 43.5 Å². The molecule has 3 unspecified atom stereocenters. The van der Waals surface area contributed by atoms with Gasteiger partial charge in [0.2, 0.25) is 0 Å². The van der Waals surface area contributed by atoms with Crippen molar-refractivity contribution in [3.8, 4) is 0 Å². The van der Waals surface area contributed by atoms with Gasteiger partial charge in [-0.25, -0.2) is 0 Å². The molecule has 0 bridgehead atoms. The van der Waals surface area contributed by atoms with Crippen molar-refractivity contribution < 1.29 is 4.79 Å². The van der Waals surface area contributed by atoms with Crippen molar-refractivity contribution in [2.24, 2.45) is 11.8 Å². The van der Waals surface area contributed by atoms with E-state index in [1.807, 2.05) is 0 Å². The third-order valence-corrected chi connectivity index (χ3v) is 4.09. The predicted molar refractivity (Wildman–Crippen MR) is 72.7 cm³/mol. The lowest BCUT2D eigenvalue weighted by atomic mass is 9.80. The maximum Gasteiger partial charge on any atom is 0.254 e. The Labute approximate surface area is 113 Å².